The number of hydrogen-bond acceptors (Lipinski definition) is 4. The van der Waals surface area contributed by atoms with Gasteiger partial charge in [0.15, 0.2) is 0 Å². The summed E-state index contributed by atoms with van der Waals surface area (Å²) in [4.78, 5) is 16.6. The lowest BCUT2D eigenvalue weighted by atomic mass is 9.81. The zero-order valence-electron chi connectivity index (χ0n) is 18.8. The number of aromatic amines is 1. The third kappa shape index (κ3) is 3.84. The summed E-state index contributed by atoms with van der Waals surface area (Å²) in [7, 11) is 0. The van der Waals surface area contributed by atoms with E-state index >= 15 is 0 Å². The molecule has 0 bridgehead atoms. The number of rotatable bonds is 4. The van der Waals surface area contributed by atoms with Crippen molar-refractivity contribution >= 4 is 27.8 Å². The van der Waals surface area contributed by atoms with Crippen LogP contribution in [0.3, 0.4) is 0 Å². The summed E-state index contributed by atoms with van der Waals surface area (Å²) in [6.07, 6.45) is 3.47. The summed E-state index contributed by atoms with van der Waals surface area (Å²) >= 11 is 0. The predicted molar refractivity (Wildman–Crippen MR) is 132 cm³/mol. The molecule has 0 unspecified atom stereocenters. The monoisotopic (exact) mass is 467 g/mol. The van der Waals surface area contributed by atoms with E-state index < -0.39 is 5.97 Å². The molecule has 6 nitrogen and oxygen atoms in total. The Morgan fingerprint density at radius 3 is 2.43 bits per heavy atom. The molecule has 2 N–H and O–H groups in total. The molecule has 3 heterocycles. The van der Waals surface area contributed by atoms with Gasteiger partial charge in [-0.25, -0.2) is 14.2 Å². The average molecular weight is 468 g/mol. The number of aromatic carboxylic acids is 1. The van der Waals surface area contributed by atoms with Crippen LogP contribution in [0.1, 0.15) is 34.7 Å². The van der Waals surface area contributed by atoms with E-state index in [-0.39, 0.29) is 17.3 Å². The van der Waals surface area contributed by atoms with Crippen molar-refractivity contribution in [2.45, 2.75) is 18.8 Å². The fraction of sp³-hybridized carbons (Fsp3) is 0.179. The number of ether oxygens (including phenoxy) is 1. The maximum atomic E-state index is 13.9. The van der Waals surface area contributed by atoms with Crippen LogP contribution in [0.25, 0.3) is 44.2 Å². The summed E-state index contributed by atoms with van der Waals surface area (Å²) < 4.78 is 19.6. The lowest BCUT2D eigenvalue weighted by Crippen LogP contribution is -2.16. The van der Waals surface area contributed by atoms with Gasteiger partial charge in [-0.2, -0.15) is 5.10 Å². The van der Waals surface area contributed by atoms with Crippen molar-refractivity contribution in [1.82, 2.24) is 15.2 Å². The van der Waals surface area contributed by atoms with Crippen LogP contribution in [0.5, 0.6) is 0 Å². The third-order valence-electron chi connectivity index (χ3n) is 6.75. The van der Waals surface area contributed by atoms with Crippen molar-refractivity contribution in [3.05, 3.63) is 83.8 Å². The van der Waals surface area contributed by atoms with E-state index in [2.05, 4.69) is 16.3 Å². The standard InChI is InChI=1S/C28H22FN3O3/c29-21-7-5-16(6-8-21)25-22-13-20-15-30-32-23(20)14-24(22)31-27(26(25)17-9-11-35-12-10-17)18-1-3-19(4-2-18)28(33)34/h1-8,13-15,17H,9-12H2,(H,30,32)(H,33,34). The van der Waals surface area contributed by atoms with Gasteiger partial charge in [-0.15, -0.1) is 0 Å². The number of fused-ring (bicyclic) bond motifs is 2. The minimum Gasteiger partial charge on any atom is -0.478 e. The third-order valence-corrected chi connectivity index (χ3v) is 6.75. The molecule has 0 aliphatic carbocycles. The summed E-state index contributed by atoms with van der Waals surface area (Å²) in [5.74, 6) is -1.07. The molecule has 35 heavy (non-hydrogen) atoms. The van der Waals surface area contributed by atoms with Gasteiger partial charge in [-0.3, -0.25) is 5.10 Å². The van der Waals surface area contributed by atoms with Crippen LogP contribution in [0.2, 0.25) is 0 Å². The molecule has 3 aromatic carbocycles. The molecule has 2 aromatic heterocycles. The second-order valence-corrected chi connectivity index (χ2v) is 8.85. The number of nitrogens with zero attached hydrogens (tertiary/aromatic N) is 2. The second-order valence-electron chi connectivity index (χ2n) is 8.85. The molecule has 5 aromatic rings. The summed E-state index contributed by atoms with van der Waals surface area (Å²) in [5, 5.41) is 18.5. The van der Waals surface area contributed by atoms with Crippen LogP contribution in [0.15, 0.2) is 66.9 Å². The fourth-order valence-corrected chi connectivity index (χ4v) is 5.02. The van der Waals surface area contributed by atoms with E-state index in [1.165, 1.54) is 12.1 Å². The smallest absolute Gasteiger partial charge is 0.335 e. The summed E-state index contributed by atoms with van der Waals surface area (Å²) in [6.45, 7) is 1.31. The molecule has 0 amide bonds. The van der Waals surface area contributed by atoms with Crippen molar-refractivity contribution in [3.63, 3.8) is 0 Å². The van der Waals surface area contributed by atoms with E-state index in [9.17, 15) is 14.3 Å². The van der Waals surface area contributed by atoms with E-state index in [0.29, 0.717) is 13.2 Å². The number of H-pyrrole nitrogens is 1. The first-order chi connectivity index (χ1) is 17.1. The van der Waals surface area contributed by atoms with Crippen LogP contribution >= 0.6 is 0 Å². The molecule has 1 aliphatic heterocycles. The lowest BCUT2D eigenvalue weighted by molar-refractivity contribution is 0.0697. The topological polar surface area (TPSA) is 88.1 Å². The van der Waals surface area contributed by atoms with Crippen molar-refractivity contribution in [2.75, 3.05) is 13.2 Å². The predicted octanol–water partition coefficient (Wildman–Crippen LogP) is 6.18. The van der Waals surface area contributed by atoms with Crippen LogP contribution in [-0.4, -0.2) is 39.5 Å². The number of carbonyl (C=O) groups is 1. The van der Waals surface area contributed by atoms with E-state index in [0.717, 1.165) is 62.6 Å². The maximum absolute atomic E-state index is 13.9. The first kappa shape index (κ1) is 21.4. The highest BCUT2D eigenvalue weighted by Crippen LogP contribution is 2.44. The number of nitrogens with one attached hydrogen (secondary N) is 1. The number of benzene rings is 3. The number of pyridine rings is 1. The molecule has 1 saturated heterocycles. The minimum absolute atomic E-state index is 0.190. The maximum Gasteiger partial charge on any atom is 0.335 e. The highest BCUT2D eigenvalue weighted by molar-refractivity contribution is 6.05. The molecule has 0 spiro atoms. The molecule has 174 valence electrons. The molecule has 7 heteroatoms. The van der Waals surface area contributed by atoms with E-state index in [4.69, 9.17) is 9.72 Å². The van der Waals surface area contributed by atoms with Crippen molar-refractivity contribution in [1.29, 1.82) is 0 Å². The molecular weight excluding hydrogens is 445 g/mol. The number of carboxylic acid groups (broad SMARTS) is 1. The Kier molecular flexibility index (Phi) is 5.26. The zero-order chi connectivity index (χ0) is 23.9. The van der Waals surface area contributed by atoms with Gasteiger partial charge in [-0.05, 0) is 71.8 Å². The van der Waals surface area contributed by atoms with Crippen LogP contribution in [-0.2, 0) is 4.74 Å². The van der Waals surface area contributed by atoms with Gasteiger partial charge in [0, 0.05) is 29.5 Å². The van der Waals surface area contributed by atoms with Gasteiger partial charge in [0.05, 0.1) is 28.5 Å². The van der Waals surface area contributed by atoms with Gasteiger partial charge < -0.3 is 9.84 Å². The van der Waals surface area contributed by atoms with Gasteiger partial charge in [0.1, 0.15) is 5.82 Å². The van der Waals surface area contributed by atoms with Gasteiger partial charge in [0.2, 0.25) is 0 Å². The Bertz CT molecular complexity index is 1550. The average Bonchev–Trinajstić information content (AvgIpc) is 3.35. The van der Waals surface area contributed by atoms with Crippen LogP contribution in [0.4, 0.5) is 4.39 Å². The largest absolute Gasteiger partial charge is 0.478 e. The van der Waals surface area contributed by atoms with Crippen molar-refractivity contribution in [3.8, 4) is 22.4 Å². The Morgan fingerprint density at radius 1 is 1.00 bits per heavy atom. The quantitative estimate of drug-likeness (QED) is 0.330. The molecule has 1 aliphatic rings. The molecule has 0 radical (unpaired) electrons. The van der Waals surface area contributed by atoms with Gasteiger partial charge >= 0.3 is 5.97 Å². The molecular formula is C28H22FN3O3. The first-order valence-electron chi connectivity index (χ1n) is 11.6. The number of carboxylic acids is 1. The number of aromatic nitrogens is 3. The first-order valence-corrected chi connectivity index (χ1v) is 11.6. The highest BCUT2D eigenvalue weighted by atomic mass is 19.1. The normalized spacial score (nSPS) is 14.5. The number of halogens is 1. The SMILES string of the molecule is O=C(O)c1ccc(-c2nc3cc4[nH]ncc4cc3c(-c3ccc(F)cc3)c2C2CCOCC2)cc1. The van der Waals surface area contributed by atoms with Crippen molar-refractivity contribution < 1.29 is 19.0 Å². The van der Waals surface area contributed by atoms with Crippen LogP contribution < -0.4 is 0 Å². The molecule has 0 atom stereocenters. The van der Waals surface area contributed by atoms with Crippen molar-refractivity contribution in [2.24, 2.45) is 0 Å². The molecule has 0 saturated carbocycles. The Hall–Kier alpha value is -4.10. The van der Waals surface area contributed by atoms with Gasteiger partial charge in [0.25, 0.3) is 0 Å². The summed E-state index contributed by atoms with van der Waals surface area (Å²) in [5.41, 5.74) is 6.54. The van der Waals surface area contributed by atoms with Gasteiger partial charge in [-0.1, -0.05) is 24.3 Å². The minimum atomic E-state index is -0.971. The Morgan fingerprint density at radius 2 is 1.71 bits per heavy atom. The van der Waals surface area contributed by atoms with Crippen LogP contribution in [0, 0.1) is 5.82 Å². The fourth-order valence-electron chi connectivity index (χ4n) is 5.02. The van der Waals surface area contributed by atoms with E-state index in [1.807, 2.05) is 30.3 Å². The molecule has 6 rings (SSSR count). The Balaban J connectivity index is 1.71. The number of hydrogen-bond donors (Lipinski definition) is 2. The lowest BCUT2D eigenvalue weighted by Gasteiger charge is -2.28. The highest BCUT2D eigenvalue weighted by Gasteiger charge is 2.27. The summed E-state index contributed by atoms with van der Waals surface area (Å²) in [6, 6.07) is 17.5. The second kappa shape index (κ2) is 8.60. The Labute approximate surface area is 200 Å². The molecule has 1 fully saturated rings. The van der Waals surface area contributed by atoms with E-state index in [1.54, 1.807) is 18.3 Å². The zero-order valence-corrected chi connectivity index (χ0v) is 18.8.